The summed E-state index contributed by atoms with van der Waals surface area (Å²) < 4.78 is 5.49. The van der Waals surface area contributed by atoms with E-state index in [4.69, 9.17) is 15.6 Å². The fraction of sp³-hybridized carbons (Fsp3) is 0.600. The van der Waals surface area contributed by atoms with Gasteiger partial charge in [0.15, 0.2) is 11.5 Å². The first-order chi connectivity index (χ1) is 9.51. The van der Waals surface area contributed by atoms with Crippen LogP contribution < -0.4 is 21.3 Å². The van der Waals surface area contributed by atoms with Gasteiger partial charge in [-0.1, -0.05) is 0 Å². The number of anilines is 3. The van der Waals surface area contributed by atoms with Gasteiger partial charge in [-0.15, -0.1) is 0 Å². The number of aliphatic hydroxyl groups is 2. The van der Waals surface area contributed by atoms with E-state index in [1.165, 1.54) is 4.90 Å². The molecule has 2 aliphatic heterocycles. The molecule has 20 heavy (non-hydrogen) atoms. The molecule has 2 aliphatic rings. The van der Waals surface area contributed by atoms with Crippen LogP contribution in [0.25, 0.3) is 0 Å². The average molecular weight is 285 g/mol. The van der Waals surface area contributed by atoms with Gasteiger partial charge in [0.25, 0.3) is 5.56 Å². The van der Waals surface area contributed by atoms with Crippen LogP contribution in [0.5, 0.6) is 0 Å². The maximum absolute atomic E-state index is 11.8. The van der Waals surface area contributed by atoms with Gasteiger partial charge in [-0.3, -0.25) is 15.0 Å². The molecule has 0 aromatic carbocycles. The van der Waals surface area contributed by atoms with Gasteiger partial charge >= 0.3 is 0 Å². The van der Waals surface area contributed by atoms with Gasteiger partial charge in [0, 0.05) is 6.42 Å². The molecule has 0 radical (unpaired) electrons. The largest absolute Gasteiger partial charge is 0.394 e. The first-order valence-electron chi connectivity index (χ1n) is 6.08. The van der Waals surface area contributed by atoms with E-state index < -0.39 is 24.0 Å². The molecule has 0 spiro atoms. The van der Waals surface area contributed by atoms with E-state index in [2.05, 4.69) is 9.97 Å². The van der Waals surface area contributed by atoms with Crippen molar-refractivity contribution in [2.75, 3.05) is 29.0 Å². The lowest BCUT2D eigenvalue weighted by Crippen LogP contribution is -2.38. The Hall–Kier alpha value is -1.88. The zero-order valence-electron chi connectivity index (χ0n) is 10.4. The second-order valence-electron chi connectivity index (χ2n) is 4.75. The Morgan fingerprint density at radius 2 is 2.30 bits per heavy atom. The number of nitrogens with zero attached hydrogens (tertiary/aromatic N) is 3. The lowest BCUT2D eigenvalue weighted by Gasteiger charge is -2.24. The third-order valence-corrected chi connectivity index (χ3v) is 3.44. The minimum absolute atomic E-state index is 0.0234. The fourth-order valence-electron chi connectivity index (χ4n) is 2.49. The minimum atomic E-state index is -0.819. The molecule has 0 bridgehead atoms. The summed E-state index contributed by atoms with van der Waals surface area (Å²) >= 11 is 0. The van der Waals surface area contributed by atoms with Crippen LogP contribution in [0, 0.1) is 0 Å². The number of ether oxygens (including phenoxy) is 1. The monoisotopic (exact) mass is 285 g/mol. The third-order valence-electron chi connectivity index (χ3n) is 3.44. The van der Waals surface area contributed by atoms with Crippen molar-refractivity contribution in [3.05, 3.63) is 10.4 Å². The summed E-state index contributed by atoms with van der Waals surface area (Å²) in [6.07, 6.45) is -1.89. The number of nitrogens with one attached hydrogen (secondary N) is 1. The van der Waals surface area contributed by atoms with Crippen molar-refractivity contribution in [3.63, 3.8) is 0 Å². The number of rotatable bonds is 2. The average Bonchev–Trinajstić information content (AvgIpc) is 2.90. The van der Waals surface area contributed by atoms with E-state index in [-0.39, 0.29) is 37.1 Å². The van der Waals surface area contributed by atoms with Crippen molar-refractivity contribution in [2.24, 2.45) is 0 Å². The number of aromatic amines is 1. The lowest BCUT2D eigenvalue weighted by molar-refractivity contribution is -0.0226. The number of hydroxylamine groups is 1. The Kier molecular flexibility index (Phi) is 3.01. The van der Waals surface area contributed by atoms with Crippen LogP contribution in [0.1, 0.15) is 6.42 Å². The number of nitrogen functional groups attached to an aromatic ring is 1. The zero-order chi connectivity index (χ0) is 14.4. The van der Waals surface area contributed by atoms with Crippen LogP contribution in [-0.2, 0) is 4.74 Å². The van der Waals surface area contributed by atoms with Gasteiger partial charge in [-0.25, -0.2) is 5.06 Å². The topological polar surface area (TPSA) is 148 Å². The van der Waals surface area contributed by atoms with Gasteiger partial charge in [0.2, 0.25) is 5.95 Å². The molecule has 0 unspecified atom stereocenters. The first-order valence-corrected chi connectivity index (χ1v) is 6.08. The molecule has 0 amide bonds. The smallest absolute Gasteiger partial charge is 0.280 e. The Morgan fingerprint density at radius 3 is 2.95 bits per heavy atom. The third kappa shape index (κ3) is 1.89. The summed E-state index contributed by atoms with van der Waals surface area (Å²) in [6.45, 7) is -0.351. The molecule has 3 rings (SSSR count). The zero-order valence-corrected chi connectivity index (χ0v) is 10.4. The predicted molar refractivity (Wildman–Crippen MR) is 67.3 cm³/mol. The maximum atomic E-state index is 11.8. The van der Waals surface area contributed by atoms with E-state index in [0.29, 0.717) is 0 Å². The number of aromatic nitrogens is 2. The van der Waals surface area contributed by atoms with Gasteiger partial charge in [0.05, 0.1) is 12.7 Å². The van der Waals surface area contributed by atoms with Crippen molar-refractivity contribution in [1.82, 2.24) is 9.97 Å². The summed E-state index contributed by atoms with van der Waals surface area (Å²) in [7, 11) is 0. The standard InChI is InChI=1S/C10H15N5O5/c11-10-12-8-7(9(18)13-10)15(19)3-14(8)6-1-4(17)5(2-16)20-6/h4-6,16-17,19H,1-3H2,(H3,11,12,13,18)/t4-,5+,6+/m0/s1. The molecule has 1 aromatic rings. The van der Waals surface area contributed by atoms with Crippen LogP contribution in [0.4, 0.5) is 17.5 Å². The second-order valence-corrected chi connectivity index (χ2v) is 4.75. The van der Waals surface area contributed by atoms with Crippen LogP contribution in [0.2, 0.25) is 0 Å². The summed E-state index contributed by atoms with van der Waals surface area (Å²) in [5.74, 6) is 0.107. The molecule has 1 aromatic heterocycles. The normalized spacial score (nSPS) is 29.1. The van der Waals surface area contributed by atoms with E-state index in [1.54, 1.807) is 0 Å². The number of hydrogen-bond acceptors (Lipinski definition) is 9. The van der Waals surface area contributed by atoms with Crippen molar-refractivity contribution in [1.29, 1.82) is 0 Å². The Bertz CT molecular complexity index is 578. The van der Waals surface area contributed by atoms with Gasteiger partial charge in [-0.05, 0) is 0 Å². The van der Waals surface area contributed by atoms with Crippen molar-refractivity contribution in [3.8, 4) is 0 Å². The molecule has 1 fully saturated rings. The molecule has 0 saturated carbocycles. The summed E-state index contributed by atoms with van der Waals surface area (Å²) in [4.78, 5) is 19.5. The molecule has 110 valence electrons. The number of H-pyrrole nitrogens is 1. The molecule has 10 heteroatoms. The number of fused-ring (bicyclic) bond motifs is 1. The second kappa shape index (κ2) is 4.59. The molecular formula is C10H15N5O5. The van der Waals surface area contributed by atoms with Gasteiger partial charge < -0.3 is 25.6 Å². The van der Waals surface area contributed by atoms with Gasteiger partial charge in [0.1, 0.15) is 19.0 Å². The highest BCUT2D eigenvalue weighted by atomic mass is 16.6. The van der Waals surface area contributed by atoms with Crippen molar-refractivity contribution < 1.29 is 20.2 Å². The molecule has 10 nitrogen and oxygen atoms in total. The summed E-state index contributed by atoms with van der Waals surface area (Å²) in [6, 6.07) is 0. The predicted octanol–water partition coefficient (Wildman–Crippen LogP) is -2.21. The number of hydrogen-bond donors (Lipinski definition) is 5. The molecule has 3 atom stereocenters. The highest BCUT2D eigenvalue weighted by Gasteiger charge is 2.42. The highest BCUT2D eigenvalue weighted by Crippen LogP contribution is 2.35. The quantitative estimate of drug-likeness (QED) is 0.408. The SMILES string of the molecule is Nc1nc2c(c(=O)[nH]1)N(O)CN2[C@H]1C[C@H](O)[C@@H](CO)O1. The van der Waals surface area contributed by atoms with E-state index in [0.717, 1.165) is 5.06 Å². The van der Waals surface area contributed by atoms with Crippen LogP contribution in [0.15, 0.2) is 4.79 Å². The van der Waals surface area contributed by atoms with E-state index in [9.17, 15) is 15.1 Å². The highest BCUT2D eigenvalue weighted by molar-refractivity contribution is 5.71. The molecular weight excluding hydrogens is 270 g/mol. The maximum Gasteiger partial charge on any atom is 0.280 e. The summed E-state index contributed by atoms with van der Waals surface area (Å²) in [5.41, 5.74) is 4.91. The Balaban J connectivity index is 1.94. The fourth-order valence-corrected chi connectivity index (χ4v) is 2.49. The van der Waals surface area contributed by atoms with Crippen LogP contribution >= 0.6 is 0 Å². The Labute approximate surface area is 113 Å². The Morgan fingerprint density at radius 1 is 1.55 bits per heavy atom. The van der Waals surface area contributed by atoms with Crippen molar-refractivity contribution >= 4 is 17.5 Å². The number of nitrogens with two attached hydrogens (primary N) is 1. The van der Waals surface area contributed by atoms with Crippen LogP contribution in [-0.4, -0.2) is 57.1 Å². The van der Waals surface area contributed by atoms with Crippen LogP contribution in [0.3, 0.4) is 0 Å². The molecule has 0 aliphatic carbocycles. The number of aliphatic hydroxyl groups excluding tert-OH is 2. The summed E-state index contributed by atoms with van der Waals surface area (Å²) in [5, 5.41) is 29.4. The lowest BCUT2D eigenvalue weighted by atomic mass is 10.2. The molecule has 1 saturated heterocycles. The van der Waals surface area contributed by atoms with Gasteiger partial charge in [-0.2, -0.15) is 4.98 Å². The van der Waals surface area contributed by atoms with E-state index in [1.807, 2.05) is 0 Å². The first kappa shape index (κ1) is 13.1. The molecule has 6 N–H and O–H groups in total. The van der Waals surface area contributed by atoms with E-state index >= 15 is 0 Å². The molecule has 3 heterocycles. The van der Waals surface area contributed by atoms with Crippen molar-refractivity contribution in [2.45, 2.75) is 24.9 Å². The minimum Gasteiger partial charge on any atom is -0.394 e.